The molecule has 0 unspecified atom stereocenters. The normalized spacial score (nSPS) is 4.57. The van der Waals surface area contributed by atoms with E-state index in [0.29, 0.717) is 0 Å². The Balaban J connectivity index is -0.0000000800. The summed E-state index contributed by atoms with van der Waals surface area (Å²) in [4.78, 5) is 9.04. The van der Waals surface area contributed by atoms with Gasteiger partial charge in [0.05, 0.1) is 0 Å². The fourth-order valence-corrected chi connectivity index (χ4v) is 0. The molecule has 0 aliphatic heterocycles. The van der Waals surface area contributed by atoms with E-state index in [1.165, 1.54) is 0 Å². The molecule has 0 aromatic rings. The molecule has 7 heavy (non-hydrogen) atoms. The molecule has 4 nitrogen and oxygen atoms in total. The van der Waals surface area contributed by atoms with Crippen molar-refractivity contribution in [1.82, 2.24) is 0 Å². The summed E-state index contributed by atoms with van der Waals surface area (Å²) in [6.45, 7) is 0. The summed E-state index contributed by atoms with van der Waals surface area (Å²) < 4.78 is 3.58. The number of hydrogen-bond donors (Lipinski definition) is 0. The topological polar surface area (TPSA) is 80.9 Å². The van der Waals surface area contributed by atoms with Gasteiger partial charge in [-0.25, -0.2) is 0 Å². The molecule has 0 aliphatic rings. The fraction of sp³-hybridized carbons (Fsp3) is 0. The molecule has 0 amide bonds. The Morgan fingerprint density at radius 3 is 1.86 bits per heavy atom. The van der Waals surface area contributed by atoms with Gasteiger partial charge in [0.2, 0.25) is 6.16 Å². The molecule has 2 N–H and O–H groups in total. The molecule has 0 fully saturated rings. The van der Waals surface area contributed by atoms with Gasteiger partial charge in [-0.15, -0.1) is 0 Å². The molecule has 0 heterocycles. The predicted octanol–water partition coefficient (Wildman–Crippen LogP) is -5.66. The summed E-state index contributed by atoms with van der Waals surface area (Å²) in [5.41, 5.74) is 0. The first-order chi connectivity index (χ1) is 2.27. The minimum absolute atomic E-state index is 0. The first-order valence-corrected chi connectivity index (χ1v) is 1.48. The standard InChI is InChI=1S/CH2O3.Al.Na.H2O.H/c2-1(3)4;;;;/h(H2,2,3,4);;;1H2;/q;2*+1;;/p-2. The van der Waals surface area contributed by atoms with Gasteiger partial charge in [0.25, 0.3) is 0 Å². The van der Waals surface area contributed by atoms with Gasteiger partial charge in [0, 0.05) is 0 Å². The first kappa shape index (κ1) is 15.7. The summed E-state index contributed by atoms with van der Waals surface area (Å²) in [5.74, 6) is 0. The molecule has 0 aliphatic carbocycles. The Morgan fingerprint density at radius 1 is 1.71 bits per heavy atom. The predicted molar refractivity (Wildman–Crippen MR) is 17.2 cm³/mol. The van der Waals surface area contributed by atoms with Gasteiger partial charge in [-0.1, -0.05) is 0 Å². The van der Waals surface area contributed by atoms with Gasteiger partial charge in [0.15, 0.2) is 0 Å². The van der Waals surface area contributed by atoms with E-state index in [1.807, 2.05) is 0 Å². The van der Waals surface area contributed by atoms with Crippen LogP contribution in [0.2, 0.25) is 0 Å². The van der Waals surface area contributed by atoms with Gasteiger partial charge in [-0.3, -0.25) is 0 Å². The summed E-state index contributed by atoms with van der Waals surface area (Å²) in [5, 5.41) is 9.04. The second kappa shape index (κ2) is 9.90. The third-order valence-corrected chi connectivity index (χ3v) is 0.354. The van der Waals surface area contributed by atoms with E-state index in [-0.39, 0.29) is 35.0 Å². The molecule has 0 aromatic carbocycles. The Kier molecular flexibility index (Phi) is 22.1. The van der Waals surface area contributed by atoms with Crippen LogP contribution in [0.25, 0.3) is 0 Å². The molecular formula is CH3AlNaO4. The van der Waals surface area contributed by atoms with Crippen LogP contribution in [-0.2, 0) is 3.79 Å². The van der Waals surface area contributed by atoms with Gasteiger partial charge < -0.3 is 19.2 Å². The van der Waals surface area contributed by atoms with Crippen LogP contribution < -0.4 is 34.7 Å². The average molecular weight is 129 g/mol. The van der Waals surface area contributed by atoms with Crippen molar-refractivity contribution in [2.45, 2.75) is 0 Å². The van der Waals surface area contributed by atoms with E-state index in [1.54, 1.807) is 0 Å². The molecule has 0 spiro atoms. The maximum absolute atomic E-state index is 9.04. The molecule has 0 atom stereocenters. The fourth-order valence-electron chi connectivity index (χ4n) is 0. The van der Waals surface area contributed by atoms with Crippen molar-refractivity contribution in [1.29, 1.82) is 0 Å². The van der Waals surface area contributed by atoms with Crippen LogP contribution in [0, 0.1) is 0 Å². The molecule has 1 radical (unpaired) electrons. The zero-order chi connectivity index (χ0) is 4.28. The van der Waals surface area contributed by atoms with Gasteiger partial charge in [-0.2, -0.15) is 0 Å². The zero-order valence-electron chi connectivity index (χ0n) is 3.93. The molecule has 0 saturated carbocycles. The van der Waals surface area contributed by atoms with E-state index >= 15 is 0 Å². The van der Waals surface area contributed by atoms with Crippen molar-refractivity contribution >= 4 is 22.8 Å². The third-order valence-electron chi connectivity index (χ3n) is 0.118. The van der Waals surface area contributed by atoms with Crippen LogP contribution in [0.1, 0.15) is 0 Å². The van der Waals surface area contributed by atoms with Crippen LogP contribution in [0.15, 0.2) is 0 Å². The van der Waals surface area contributed by atoms with Crippen LogP contribution in [0.5, 0.6) is 0 Å². The van der Waals surface area contributed by atoms with Crippen molar-refractivity contribution in [3.63, 3.8) is 0 Å². The monoisotopic (exact) mass is 129 g/mol. The summed E-state index contributed by atoms with van der Waals surface area (Å²) >= 11 is 0.872. The third kappa shape index (κ3) is 20.1. The maximum Gasteiger partial charge on any atom is 1.00 e. The molecule has 35 valence electrons. The van der Waals surface area contributed by atoms with E-state index in [2.05, 4.69) is 3.79 Å². The minimum Gasteiger partial charge on any atom is -0.668 e. The minimum atomic E-state index is -1.48. The van der Waals surface area contributed by atoms with Crippen LogP contribution in [-0.4, -0.2) is 28.3 Å². The smallest absolute Gasteiger partial charge is 0.668 e. The molecule has 0 rings (SSSR count). The second-order valence-corrected chi connectivity index (χ2v) is 0.683. The van der Waals surface area contributed by atoms with Crippen LogP contribution >= 0.6 is 0 Å². The number of carboxylic acid groups (broad SMARTS) is 1. The van der Waals surface area contributed by atoms with Gasteiger partial charge in [0.1, 0.15) is 0 Å². The molecular weight excluding hydrogens is 126 g/mol. The second-order valence-electron chi connectivity index (χ2n) is 0.394. The van der Waals surface area contributed by atoms with E-state index < -0.39 is 6.16 Å². The van der Waals surface area contributed by atoms with Crippen molar-refractivity contribution in [2.24, 2.45) is 0 Å². The summed E-state index contributed by atoms with van der Waals surface area (Å²) in [6.07, 6.45) is -1.48. The molecule has 0 saturated heterocycles. The molecule has 0 aromatic heterocycles. The molecule has 6 heteroatoms. The Morgan fingerprint density at radius 2 is 1.86 bits per heavy atom. The first-order valence-electron chi connectivity index (χ1n) is 0.901. The summed E-state index contributed by atoms with van der Waals surface area (Å²) in [6, 6.07) is 0. The quantitative estimate of drug-likeness (QED) is 0.306. The van der Waals surface area contributed by atoms with Crippen molar-refractivity contribution < 1.29 is 48.7 Å². The van der Waals surface area contributed by atoms with Gasteiger partial charge >= 0.3 is 46.2 Å². The van der Waals surface area contributed by atoms with Crippen molar-refractivity contribution in [2.75, 3.05) is 0 Å². The van der Waals surface area contributed by atoms with E-state index in [9.17, 15) is 0 Å². The Labute approximate surface area is 71.2 Å². The number of rotatable bonds is 0. The largest absolute Gasteiger partial charge is 1.00 e. The Bertz CT molecular complexity index is 47.0. The van der Waals surface area contributed by atoms with Crippen LogP contribution in [0.3, 0.4) is 0 Å². The van der Waals surface area contributed by atoms with Gasteiger partial charge in [-0.05, 0) is 0 Å². The maximum atomic E-state index is 9.04. The van der Waals surface area contributed by atoms with E-state index in [4.69, 9.17) is 9.90 Å². The van der Waals surface area contributed by atoms with Crippen molar-refractivity contribution in [3.05, 3.63) is 0 Å². The summed E-state index contributed by atoms with van der Waals surface area (Å²) in [7, 11) is 0. The number of carbonyl (C=O) groups is 1. The number of hydrogen-bond acceptors (Lipinski definition) is 3. The van der Waals surface area contributed by atoms with Crippen molar-refractivity contribution in [3.8, 4) is 0 Å². The molecule has 0 bridgehead atoms. The Hall–Kier alpha value is 0.762. The SMILES string of the molecule is O.O=C([O-])[O][AlH].[Na+]. The average Bonchev–Trinajstić information content (AvgIpc) is 1.38. The van der Waals surface area contributed by atoms with E-state index in [0.717, 1.165) is 16.6 Å². The number of carbonyl (C=O) groups excluding carboxylic acids is 1. The van der Waals surface area contributed by atoms with Crippen LogP contribution in [0.4, 0.5) is 4.79 Å². The zero-order valence-corrected chi connectivity index (χ0v) is 7.35.